The number of rotatable bonds is 3. The van der Waals surface area contributed by atoms with E-state index in [0.717, 1.165) is 22.5 Å². The van der Waals surface area contributed by atoms with Gasteiger partial charge >= 0.3 is 0 Å². The maximum Gasteiger partial charge on any atom is 0.222 e. The summed E-state index contributed by atoms with van der Waals surface area (Å²) in [4.78, 5) is 15.5. The average molecular weight is 269 g/mol. The molecule has 20 heavy (non-hydrogen) atoms. The first kappa shape index (κ1) is 12.4. The van der Waals surface area contributed by atoms with Crippen LogP contribution < -0.4 is 10.5 Å². The van der Waals surface area contributed by atoms with Gasteiger partial charge < -0.3 is 15.5 Å². The third-order valence-corrected chi connectivity index (χ3v) is 2.80. The molecule has 0 aliphatic rings. The van der Waals surface area contributed by atoms with Crippen molar-refractivity contribution in [1.82, 2.24) is 19.9 Å². The number of nitrogens with two attached hydrogens (primary N) is 1. The Morgan fingerprint density at radius 2 is 1.90 bits per heavy atom. The van der Waals surface area contributed by atoms with Crippen LogP contribution in [0.4, 0.5) is 5.95 Å². The van der Waals surface area contributed by atoms with Crippen LogP contribution in [0.15, 0.2) is 30.6 Å². The van der Waals surface area contributed by atoms with E-state index in [-0.39, 0.29) is 12.1 Å². The van der Waals surface area contributed by atoms with Gasteiger partial charge in [-0.15, -0.1) is 0 Å². The third-order valence-electron chi connectivity index (χ3n) is 2.80. The monoisotopic (exact) mass is 269 g/mol. The number of nitrogen functional groups attached to an aromatic ring is 1. The maximum absolute atomic E-state index is 5.72. The molecule has 6 nitrogen and oxygen atoms in total. The number of fused-ring (bicyclic) bond motifs is 1. The number of anilines is 1. The van der Waals surface area contributed by atoms with E-state index in [1.54, 1.807) is 6.33 Å². The van der Waals surface area contributed by atoms with Gasteiger partial charge in [-0.1, -0.05) is 0 Å². The van der Waals surface area contributed by atoms with Crippen molar-refractivity contribution in [2.24, 2.45) is 0 Å². The molecule has 0 fully saturated rings. The van der Waals surface area contributed by atoms with Gasteiger partial charge in [0.05, 0.1) is 12.4 Å². The first-order valence-corrected chi connectivity index (χ1v) is 6.37. The topological polar surface area (TPSA) is 89.7 Å². The van der Waals surface area contributed by atoms with E-state index in [4.69, 9.17) is 10.5 Å². The zero-order valence-corrected chi connectivity index (χ0v) is 11.3. The first-order chi connectivity index (χ1) is 9.63. The molecule has 0 aliphatic carbocycles. The number of nitrogens with zero attached hydrogens (tertiary/aromatic N) is 3. The first-order valence-electron chi connectivity index (χ1n) is 6.37. The summed E-state index contributed by atoms with van der Waals surface area (Å²) in [5, 5.41) is 0. The summed E-state index contributed by atoms with van der Waals surface area (Å²) in [5.41, 5.74) is 8.73. The van der Waals surface area contributed by atoms with E-state index in [1.807, 2.05) is 38.1 Å². The van der Waals surface area contributed by atoms with Crippen molar-refractivity contribution < 1.29 is 4.74 Å². The predicted octanol–water partition coefficient (Wildman–Crippen LogP) is 2.39. The lowest BCUT2D eigenvalue weighted by molar-refractivity contribution is 0.242. The number of ether oxygens (including phenoxy) is 1. The molecule has 0 radical (unpaired) electrons. The minimum atomic E-state index is 0.148. The van der Waals surface area contributed by atoms with E-state index in [9.17, 15) is 0 Å². The lowest BCUT2D eigenvalue weighted by Gasteiger charge is -2.10. The van der Waals surface area contributed by atoms with Crippen molar-refractivity contribution >= 4 is 17.1 Å². The van der Waals surface area contributed by atoms with Crippen LogP contribution in [0.25, 0.3) is 22.4 Å². The highest BCUT2D eigenvalue weighted by Gasteiger charge is 2.10. The van der Waals surface area contributed by atoms with Gasteiger partial charge in [0.2, 0.25) is 5.95 Å². The molecule has 2 aromatic heterocycles. The Balaban J connectivity index is 2.04. The summed E-state index contributed by atoms with van der Waals surface area (Å²) in [6, 6.07) is 7.71. The molecular weight excluding hydrogens is 254 g/mol. The number of H-pyrrole nitrogens is 1. The number of aromatic amines is 1. The fraction of sp³-hybridized carbons (Fsp3) is 0.214. The van der Waals surface area contributed by atoms with Gasteiger partial charge in [-0.3, -0.25) is 0 Å². The van der Waals surface area contributed by atoms with Gasteiger partial charge in [-0.25, -0.2) is 9.97 Å². The van der Waals surface area contributed by atoms with Crippen molar-refractivity contribution in [3.63, 3.8) is 0 Å². The number of hydrogen-bond acceptors (Lipinski definition) is 5. The molecule has 0 saturated heterocycles. The lowest BCUT2D eigenvalue weighted by Crippen LogP contribution is -2.05. The molecule has 0 unspecified atom stereocenters. The number of nitrogens with one attached hydrogen (secondary N) is 1. The largest absolute Gasteiger partial charge is 0.491 e. The molecule has 3 rings (SSSR count). The van der Waals surface area contributed by atoms with Gasteiger partial charge in [0, 0.05) is 5.56 Å². The second-order valence-corrected chi connectivity index (χ2v) is 4.72. The van der Waals surface area contributed by atoms with Gasteiger partial charge in [0.25, 0.3) is 0 Å². The van der Waals surface area contributed by atoms with E-state index in [2.05, 4.69) is 19.9 Å². The summed E-state index contributed by atoms with van der Waals surface area (Å²) < 4.78 is 5.62. The van der Waals surface area contributed by atoms with Gasteiger partial charge in [0.15, 0.2) is 5.65 Å². The van der Waals surface area contributed by atoms with Crippen molar-refractivity contribution in [1.29, 1.82) is 0 Å². The Hall–Kier alpha value is -2.63. The van der Waals surface area contributed by atoms with Crippen LogP contribution >= 0.6 is 0 Å². The Morgan fingerprint density at radius 1 is 1.15 bits per heavy atom. The molecule has 0 amide bonds. The molecule has 2 heterocycles. The molecule has 3 aromatic rings. The van der Waals surface area contributed by atoms with E-state index >= 15 is 0 Å². The number of aromatic nitrogens is 4. The highest BCUT2D eigenvalue weighted by Crippen LogP contribution is 2.26. The maximum atomic E-state index is 5.72. The summed E-state index contributed by atoms with van der Waals surface area (Å²) in [5.74, 6) is 1.04. The summed E-state index contributed by atoms with van der Waals surface area (Å²) in [7, 11) is 0. The quantitative estimate of drug-likeness (QED) is 0.762. The molecule has 0 spiro atoms. The van der Waals surface area contributed by atoms with E-state index in [0.29, 0.717) is 5.65 Å². The number of imidazole rings is 1. The minimum Gasteiger partial charge on any atom is -0.491 e. The van der Waals surface area contributed by atoms with Crippen LogP contribution in [0.5, 0.6) is 5.75 Å². The summed E-state index contributed by atoms with van der Waals surface area (Å²) in [6.07, 6.45) is 1.73. The Kier molecular flexibility index (Phi) is 2.98. The van der Waals surface area contributed by atoms with Gasteiger partial charge in [0.1, 0.15) is 17.0 Å². The van der Waals surface area contributed by atoms with Crippen LogP contribution in [-0.4, -0.2) is 26.0 Å². The van der Waals surface area contributed by atoms with Crippen LogP contribution in [-0.2, 0) is 0 Å². The van der Waals surface area contributed by atoms with Crippen LogP contribution in [0.2, 0.25) is 0 Å². The molecular formula is C14H15N5O. The molecule has 3 N–H and O–H groups in total. The van der Waals surface area contributed by atoms with Crippen LogP contribution in [0, 0.1) is 0 Å². The fourth-order valence-electron chi connectivity index (χ4n) is 2.02. The standard InChI is InChI=1S/C14H15N5O/c1-8(2)20-10-5-3-9(4-6-10)11-12-13(17-7-16-12)19-14(15)18-11/h3-8H,1-2H3,(H3,15,16,17,18,19). The van der Waals surface area contributed by atoms with Crippen molar-refractivity contribution in [2.75, 3.05) is 5.73 Å². The fourth-order valence-corrected chi connectivity index (χ4v) is 2.02. The Morgan fingerprint density at radius 3 is 2.60 bits per heavy atom. The summed E-state index contributed by atoms with van der Waals surface area (Å²) in [6.45, 7) is 3.99. The van der Waals surface area contributed by atoms with Crippen molar-refractivity contribution in [3.05, 3.63) is 30.6 Å². The molecule has 0 saturated carbocycles. The van der Waals surface area contributed by atoms with E-state index < -0.39 is 0 Å². The zero-order valence-electron chi connectivity index (χ0n) is 11.3. The van der Waals surface area contributed by atoms with Crippen molar-refractivity contribution in [3.8, 4) is 17.0 Å². The van der Waals surface area contributed by atoms with Crippen LogP contribution in [0.1, 0.15) is 13.8 Å². The highest BCUT2D eigenvalue weighted by molar-refractivity contribution is 5.87. The normalized spacial score (nSPS) is 11.2. The SMILES string of the molecule is CC(C)Oc1ccc(-c2nc(N)nc3nc[nH]c23)cc1. The van der Waals surface area contributed by atoms with Gasteiger partial charge in [-0.05, 0) is 38.1 Å². The Labute approximate surface area is 116 Å². The molecule has 6 heteroatoms. The molecule has 1 aromatic carbocycles. The average Bonchev–Trinajstić information content (AvgIpc) is 2.86. The molecule has 102 valence electrons. The van der Waals surface area contributed by atoms with E-state index in [1.165, 1.54) is 0 Å². The van der Waals surface area contributed by atoms with Crippen molar-refractivity contribution in [2.45, 2.75) is 20.0 Å². The minimum absolute atomic E-state index is 0.148. The molecule has 0 bridgehead atoms. The third kappa shape index (κ3) is 2.27. The van der Waals surface area contributed by atoms with Gasteiger partial charge in [-0.2, -0.15) is 4.98 Å². The lowest BCUT2D eigenvalue weighted by atomic mass is 10.1. The summed E-state index contributed by atoms with van der Waals surface area (Å²) >= 11 is 0. The van der Waals surface area contributed by atoms with Crippen LogP contribution in [0.3, 0.4) is 0 Å². The second kappa shape index (κ2) is 4.80. The number of hydrogen-bond donors (Lipinski definition) is 2. The predicted molar refractivity (Wildman–Crippen MR) is 77.3 cm³/mol. The molecule has 0 aliphatic heterocycles. The highest BCUT2D eigenvalue weighted by atomic mass is 16.5. The Bertz CT molecular complexity index is 733. The molecule has 0 atom stereocenters. The zero-order chi connectivity index (χ0) is 14.1. The number of benzene rings is 1. The smallest absolute Gasteiger partial charge is 0.222 e. The second-order valence-electron chi connectivity index (χ2n) is 4.72.